The van der Waals surface area contributed by atoms with Crippen molar-refractivity contribution in [3.05, 3.63) is 21.4 Å². The summed E-state index contributed by atoms with van der Waals surface area (Å²) in [4.78, 5) is 15.9. The number of carbonyl (C=O) groups excluding carboxylic acids is 1. The summed E-state index contributed by atoms with van der Waals surface area (Å²) in [5.74, 6) is 4.98. The molecule has 0 saturated heterocycles. The average molecular weight is 313 g/mol. The minimum absolute atomic E-state index is 0.222. The summed E-state index contributed by atoms with van der Waals surface area (Å²) in [5, 5.41) is 0. The Balaban J connectivity index is 2.86. The SMILES string of the molecule is CCC(CC)N(CCOC)Cc1cc(C(=O)NN)sc1C. The molecular formula is C15H27N3O2S. The monoisotopic (exact) mass is 313 g/mol. The Kier molecular flexibility index (Phi) is 7.88. The molecule has 21 heavy (non-hydrogen) atoms. The number of methoxy groups -OCH3 is 1. The van der Waals surface area contributed by atoms with Crippen LogP contribution in [0, 0.1) is 6.92 Å². The molecule has 0 aliphatic carbocycles. The van der Waals surface area contributed by atoms with Crippen molar-refractivity contribution >= 4 is 17.2 Å². The van der Waals surface area contributed by atoms with Crippen LogP contribution >= 0.6 is 11.3 Å². The fourth-order valence-corrected chi connectivity index (χ4v) is 3.42. The van der Waals surface area contributed by atoms with Crippen LogP contribution in [0.3, 0.4) is 0 Å². The average Bonchev–Trinajstić information content (AvgIpc) is 2.86. The van der Waals surface area contributed by atoms with Gasteiger partial charge in [0.1, 0.15) is 0 Å². The van der Waals surface area contributed by atoms with Gasteiger partial charge >= 0.3 is 0 Å². The Hall–Kier alpha value is -0.950. The second kappa shape index (κ2) is 9.15. The van der Waals surface area contributed by atoms with E-state index >= 15 is 0 Å². The van der Waals surface area contributed by atoms with Gasteiger partial charge in [0.2, 0.25) is 0 Å². The number of nitrogen functional groups attached to an aromatic ring is 1. The van der Waals surface area contributed by atoms with Gasteiger partial charge < -0.3 is 4.74 Å². The molecule has 0 aliphatic rings. The summed E-state index contributed by atoms with van der Waals surface area (Å²) < 4.78 is 5.22. The number of hydrazine groups is 1. The van der Waals surface area contributed by atoms with Gasteiger partial charge in [0.25, 0.3) is 5.91 Å². The highest BCUT2D eigenvalue weighted by Gasteiger charge is 2.18. The van der Waals surface area contributed by atoms with Crippen LogP contribution in [-0.4, -0.2) is 37.1 Å². The molecule has 0 atom stereocenters. The second-order valence-electron chi connectivity index (χ2n) is 5.10. The molecule has 1 heterocycles. The molecular weight excluding hydrogens is 286 g/mol. The highest BCUT2D eigenvalue weighted by atomic mass is 32.1. The lowest BCUT2D eigenvalue weighted by atomic mass is 10.1. The first-order chi connectivity index (χ1) is 10.1. The van der Waals surface area contributed by atoms with Gasteiger partial charge in [-0.3, -0.25) is 15.1 Å². The number of nitrogens with two attached hydrogens (primary N) is 1. The second-order valence-corrected chi connectivity index (χ2v) is 6.36. The Morgan fingerprint density at radius 3 is 2.67 bits per heavy atom. The van der Waals surface area contributed by atoms with E-state index in [0.717, 1.165) is 32.5 Å². The molecule has 5 nitrogen and oxygen atoms in total. The molecule has 120 valence electrons. The summed E-state index contributed by atoms with van der Waals surface area (Å²) >= 11 is 1.49. The molecule has 1 aromatic heterocycles. The first kappa shape index (κ1) is 18.1. The van der Waals surface area contributed by atoms with E-state index in [1.54, 1.807) is 7.11 Å². The van der Waals surface area contributed by atoms with Crippen molar-refractivity contribution in [3.63, 3.8) is 0 Å². The number of carbonyl (C=O) groups is 1. The zero-order valence-corrected chi connectivity index (χ0v) is 14.3. The summed E-state index contributed by atoms with van der Waals surface area (Å²) in [6, 6.07) is 2.48. The van der Waals surface area contributed by atoms with Gasteiger partial charge in [0.15, 0.2) is 0 Å². The van der Waals surface area contributed by atoms with Crippen molar-refractivity contribution in [2.24, 2.45) is 5.84 Å². The van der Waals surface area contributed by atoms with Crippen molar-refractivity contribution in [2.75, 3.05) is 20.3 Å². The van der Waals surface area contributed by atoms with E-state index in [-0.39, 0.29) is 5.91 Å². The maximum absolute atomic E-state index is 11.6. The maximum Gasteiger partial charge on any atom is 0.275 e. The Morgan fingerprint density at radius 1 is 1.48 bits per heavy atom. The van der Waals surface area contributed by atoms with Crippen molar-refractivity contribution in [2.45, 2.75) is 46.2 Å². The van der Waals surface area contributed by atoms with Gasteiger partial charge in [-0.1, -0.05) is 13.8 Å². The minimum Gasteiger partial charge on any atom is -0.383 e. The Labute approximate surface area is 131 Å². The number of amides is 1. The van der Waals surface area contributed by atoms with Crippen molar-refractivity contribution < 1.29 is 9.53 Å². The fraction of sp³-hybridized carbons (Fsp3) is 0.667. The van der Waals surface area contributed by atoms with Crippen LogP contribution in [0.1, 0.15) is 46.8 Å². The molecule has 0 saturated carbocycles. The standard InChI is InChI=1S/C15H27N3O2S/c1-5-13(6-2)18(7-8-20-4)10-12-9-14(15(19)17-16)21-11(12)3/h9,13H,5-8,10,16H2,1-4H3,(H,17,19). The summed E-state index contributed by atoms with van der Waals surface area (Å²) in [6.45, 7) is 8.93. The molecule has 1 rings (SSSR count). The summed E-state index contributed by atoms with van der Waals surface area (Å²) in [6.07, 6.45) is 2.22. The highest BCUT2D eigenvalue weighted by Crippen LogP contribution is 2.24. The van der Waals surface area contributed by atoms with Gasteiger partial charge in [-0.15, -0.1) is 11.3 Å². The zero-order valence-electron chi connectivity index (χ0n) is 13.4. The number of ether oxygens (including phenoxy) is 1. The largest absolute Gasteiger partial charge is 0.383 e. The van der Waals surface area contributed by atoms with E-state index in [2.05, 4.69) is 31.1 Å². The first-order valence-corrected chi connectivity index (χ1v) is 8.22. The molecule has 0 spiro atoms. The van der Waals surface area contributed by atoms with Crippen molar-refractivity contribution in [1.82, 2.24) is 10.3 Å². The van der Waals surface area contributed by atoms with Gasteiger partial charge in [0, 0.05) is 31.1 Å². The third-order valence-electron chi connectivity index (χ3n) is 3.79. The Bertz CT molecular complexity index is 444. The van der Waals surface area contributed by atoms with Gasteiger partial charge in [-0.25, -0.2) is 5.84 Å². The van der Waals surface area contributed by atoms with E-state index in [1.807, 2.05) is 6.07 Å². The predicted octanol–water partition coefficient (Wildman–Crippen LogP) is 2.30. The van der Waals surface area contributed by atoms with Crippen LogP contribution in [0.4, 0.5) is 0 Å². The van der Waals surface area contributed by atoms with Crippen LogP contribution in [0.25, 0.3) is 0 Å². The van der Waals surface area contributed by atoms with Crippen LogP contribution in [0.15, 0.2) is 6.07 Å². The van der Waals surface area contributed by atoms with Crippen LogP contribution < -0.4 is 11.3 Å². The zero-order chi connectivity index (χ0) is 15.8. The molecule has 3 N–H and O–H groups in total. The lowest BCUT2D eigenvalue weighted by molar-refractivity contribution is 0.0957. The molecule has 0 fully saturated rings. The van der Waals surface area contributed by atoms with E-state index < -0.39 is 0 Å². The van der Waals surface area contributed by atoms with Gasteiger partial charge in [-0.2, -0.15) is 0 Å². The third kappa shape index (κ3) is 5.07. The van der Waals surface area contributed by atoms with Crippen LogP contribution in [0.5, 0.6) is 0 Å². The van der Waals surface area contributed by atoms with Crippen LogP contribution in [0.2, 0.25) is 0 Å². The number of thiophene rings is 1. The topological polar surface area (TPSA) is 67.6 Å². The molecule has 6 heteroatoms. The first-order valence-electron chi connectivity index (χ1n) is 7.40. The summed E-state index contributed by atoms with van der Waals surface area (Å²) in [7, 11) is 1.73. The van der Waals surface area contributed by atoms with Gasteiger partial charge in [-0.05, 0) is 31.4 Å². The Morgan fingerprint density at radius 2 is 2.14 bits per heavy atom. The van der Waals surface area contributed by atoms with Gasteiger partial charge in [0.05, 0.1) is 11.5 Å². The molecule has 0 unspecified atom stereocenters. The number of hydrogen-bond donors (Lipinski definition) is 2. The van der Waals surface area contributed by atoms with E-state index in [9.17, 15) is 4.79 Å². The normalized spacial score (nSPS) is 11.4. The fourth-order valence-electron chi connectivity index (χ4n) is 2.48. The predicted molar refractivity (Wildman–Crippen MR) is 87.4 cm³/mol. The molecule has 0 aromatic carbocycles. The number of hydrogen-bond acceptors (Lipinski definition) is 5. The highest BCUT2D eigenvalue weighted by molar-refractivity contribution is 7.14. The number of aryl methyl sites for hydroxylation is 1. The van der Waals surface area contributed by atoms with Crippen molar-refractivity contribution in [3.8, 4) is 0 Å². The molecule has 1 amide bonds. The molecule has 0 aliphatic heterocycles. The van der Waals surface area contributed by atoms with E-state index in [0.29, 0.717) is 10.9 Å². The summed E-state index contributed by atoms with van der Waals surface area (Å²) in [5.41, 5.74) is 3.39. The lowest BCUT2D eigenvalue weighted by Gasteiger charge is -2.30. The lowest BCUT2D eigenvalue weighted by Crippen LogP contribution is -2.36. The number of nitrogens with one attached hydrogen (secondary N) is 1. The quantitative estimate of drug-likeness (QED) is 0.417. The van der Waals surface area contributed by atoms with Crippen molar-refractivity contribution in [1.29, 1.82) is 0 Å². The third-order valence-corrected chi connectivity index (χ3v) is 4.88. The number of nitrogens with zero attached hydrogens (tertiary/aromatic N) is 1. The maximum atomic E-state index is 11.6. The molecule has 0 bridgehead atoms. The van der Waals surface area contributed by atoms with E-state index in [1.165, 1.54) is 21.8 Å². The smallest absolute Gasteiger partial charge is 0.275 e. The van der Waals surface area contributed by atoms with E-state index in [4.69, 9.17) is 10.6 Å². The van der Waals surface area contributed by atoms with Crippen LogP contribution in [-0.2, 0) is 11.3 Å². The minimum atomic E-state index is -0.222. The number of rotatable bonds is 9. The molecule has 1 aromatic rings. The molecule has 0 radical (unpaired) electrons.